The fourth-order valence-electron chi connectivity index (χ4n) is 1.09. The molecule has 0 fully saturated rings. The van der Waals surface area contributed by atoms with Gasteiger partial charge in [0.2, 0.25) is 5.91 Å². The molecule has 0 unspecified atom stereocenters. The Morgan fingerprint density at radius 1 is 1.25 bits per heavy atom. The molecule has 0 aromatic rings. The van der Waals surface area contributed by atoms with Gasteiger partial charge >= 0.3 is 0 Å². The zero-order valence-corrected chi connectivity index (χ0v) is 8.85. The molecule has 2 nitrogen and oxygen atoms in total. The fourth-order valence-corrected chi connectivity index (χ4v) is 1.09. The maximum absolute atomic E-state index is 11.3. The molecule has 0 radical (unpaired) electrons. The lowest BCUT2D eigenvalue weighted by Crippen LogP contribution is -2.40. The van der Waals surface area contributed by atoms with Gasteiger partial charge in [-0.25, -0.2) is 0 Å². The van der Waals surface area contributed by atoms with Gasteiger partial charge in [-0.1, -0.05) is 34.6 Å². The van der Waals surface area contributed by atoms with E-state index in [0.29, 0.717) is 12.0 Å². The highest BCUT2D eigenvalue weighted by atomic mass is 16.1. The normalized spacial score (nSPS) is 13.6. The number of hydrogen-bond acceptors (Lipinski definition) is 1. The summed E-state index contributed by atoms with van der Waals surface area (Å²) < 4.78 is 0. The van der Waals surface area contributed by atoms with Gasteiger partial charge in [0.15, 0.2) is 0 Å². The molecular formula is C10H21NO. The van der Waals surface area contributed by atoms with Crippen molar-refractivity contribution in [2.45, 2.75) is 47.1 Å². The fraction of sp³-hybridized carbons (Fsp3) is 0.900. The molecular weight excluding hydrogens is 150 g/mol. The summed E-state index contributed by atoms with van der Waals surface area (Å²) in [7, 11) is 0. The van der Waals surface area contributed by atoms with Crippen molar-refractivity contribution in [2.24, 2.45) is 11.8 Å². The van der Waals surface area contributed by atoms with Gasteiger partial charge in [0.25, 0.3) is 0 Å². The first-order chi connectivity index (χ1) is 5.49. The van der Waals surface area contributed by atoms with Crippen LogP contribution in [0.15, 0.2) is 0 Å². The van der Waals surface area contributed by atoms with Crippen LogP contribution in [-0.2, 0) is 4.79 Å². The van der Waals surface area contributed by atoms with Gasteiger partial charge < -0.3 is 5.32 Å². The molecule has 1 atom stereocenters. The van der Waals surface area contributed by atoms with E-state index in [1.165, 1.54) is 0 Å². The van der Waals surface area contributed by atoms with Crippen LogP contribution in [0.25, 0.3) is 0 Å². The molecule has 0 heterocycles. The number of amides is 1. The van der Waals surface area contributed by atoms with E-state index < -0.39 is 0 Å². The van der Waals surface area contributed by atoms with Crippen LogP contribution in [-0.4, -0.2) is 11.9 Å². The second-order valence-corrected chi connectivity index (χ2v) is 3.92. The van der Waals surface area contributed by atoms with Crippen LogP contribution in [0.2, 0.25) is 0 Å². The van der Waals surface area contributed by atoms with Crippen molar-refractivity contribution in [2.75, 3.05) is 0 Å². The van der Waals surface area contributed by atoms with Crippen LogP contribution in [0.1, 0.15) is 41.0 Å². The summed E-state index contributed by atoms with van der Waals surface area (Å²) in [4.78, 5) is 11.3. The summed E-state index contributed by atoms with van der Waals surface area (Å²) in [5.74, 6) is 0.783. The van der Waals surface area contributed by atoms with Crippen LogP contribution in [0.4, 0.5) is 0 Å². The second-order valence-electron chi connectivity index (χ2n) is 3.92. The van der Waals surface area contributed by atoms with Crippen molar-refractivity contribution in [3.63, 3.8) is 0 Å². The van der Waals surface area contributed by atoms with Crippen molar-refractivity contribution in [1.29, 1.82) is 0 Å². The Labute approximate surface area is 75.7 Å². The third-order valence-electron chi connectivity index (χ3n) is 2.10. The van der Waals surface area contributed by atoms with Gasteiger partial charge in [-0.2, -0.15) is 0 Å². The van der Waals surface area contributed by atoms with Crippen molar-refractivity contribution in [1.82, 2.24) is 5.32 Å². The van der Waals surface area contributed by atoms with Crippen molar-refractivity contribution >= 4 is 5.91 Å². The lowest BCUT2D eigenvalue weighted by Gasteiger charge is -2.21. The Hall–Kier alpha value is -0.530. The van der Waals surface area contributed by atoms with Crippen molar-refractivity contribution in [3.05, 3.63) is 0 Å². The van der Waals surface area contributed by atoms with Crippen LogP contribution in [0.5, 0.6) is 0 Å². The average molecular weight is 171 g/mol. The number of nitrogens with one attached hydrogen (secondary N) is 1. The minimum absolute atomic E-state index is 0.0952. The Morgan fingerprint density at radius 3 is 2.00 bits per heavy atom. The molecule has 0 bridgehead atoms. The van der Waals surface area contributed by atoms with E-state index in [4.69, 9.17) is 0 Å². The molecule has 1 amide bonds. The predicted octanol–water partition coefficient (Wildman–Crippen LogP) is 2.19. The van der Waals surface area contributed by atoms with Gasteiger partial charge in [0.1, 0.15) is 0 Å². The quantitative estimate of drug-likeness (QED) is 0.690. The maximum Gasteiger partial charge on any atom is 0.222 e. The Bertz CT molecular complexity index is 141. The third-order valence-corrected chi connectivity index (χ3v) is 2.10. The molecule has 0 aliphatic carbocycles. The monoisotopic (exact) mass is 171 g/mol. The third kappa shape index (κ3) is 3.74. The van der Waals surface area contributed by atoms with Crippen molar-refractivity contribution in [3.8, 4) is 0 Å². The minimum Gasteiger partial charge on any atom is -0.353 e. The molecule has 72 valence electrons. The standard InChI is InChI=1S/C10H21NO/c1-6-9(7(2)3)11-10(12)8(4)5/h7-9H,6H2,1-5H3,(H,11,12)/t9-/m1/s1. The number of carbonyl (C=O) groups excluding carboxylic acids is 1. The van der Waals surface area contributed by atoms with Crippen LogP contribution in [0.3, 0.4) is 0 Å². The molecule has 0 saturated heterocycles. The van der Waals surface area contributed by atoms with Gasteiger partial charge in [-0.15, -0.1) is 0 Å². The first-order valence-corrected chi connectivity index (χ1v) is 4.79. The van der Waals surface area contributed by atoms with E-state index >= 15 is 0 Å². The lowest BCUT2D eigenvalue weighted by atomic mass is 10.0. The number of rotatable bonds is 4. The summed E-state index contributed by atoms with van der Waals surface area (Å²) in [6.07, 6.45) is 1.01. The number of hydrogen-bond donors (Lipinski definition) is 1. The summed E-state index contributed by atoms with van der Waals surface area (Å²) >= 11 is 0. The topological polar surface area (TPSA) is 29.1 Å². The molecule has 0 spiro atoms. The van der Waals surface area contributed by atoms with Crippen LogP contribution in [0, 0.1) is 11.8 Å². The summed E-state index contributed by atoms with van der Waals surface area (Å²) in [5, 5.41) is 3.03. The highest BCUT2D eigenvalue weighted by Crippen LogP contribution is 2.06. The predicted molar refractivity (Wildman–Crippen MR) is 51.9 cm³/mol. The highest BCUT2D eigenvalue weighted by Gasteiger charge is 2.15. The van der Waals surface area contributed by atoms with Gasteiger partial charge in [0.05, 0.1) is 0 Å². The minimum atomic E-state index is 0.0952. The van der Waals surface area contributed by atoms with Crippen LogP contribution >= 0.6 is 0 Å². The summed E-state index contributed by atoms with van der Waals surface area (Å²) in [6.45, 7) is 10.2. The molecule has 0 aromatic carbocycles. The summed E-state index contributed by atoms with van der Waals surface area (Å²) in [5.41, 5.74) is 0. The smallest absolute Gasteiger partial charge is 0.222 e. The van der Waals surface area contributed by atoms with Gasteiger partial charge in [0, 0.05) is 12.0 Å². The lowest BCUT2D eigenvalue weighted by molar-refractivity contribution is -0.125. The first-order valence-electron chi connectivity index (χ1n) is 4.79. The van der Waals surface area contributed by atoms with Crippen molar-refractivity contribution < 1.29 is 4.79 Å². The van der Waals surface area contributed by atoms with Gasteiger partial charge in [-0.05, 0) is 12.3 Å². The SMILES string of the molecule is CC[C@@H](NC(=O)C(C)C)C(C)C. The summed E-state index contributed by atoms with van der Waals surface area (Å²) in [6, 6.07) is 0.333. The van der Waals surface area contributed by atoms with E-state index in [1.807, 2.05) is 13.8 Å². The molecule has 0 rings (SSSR count). The molecule has 0 saturated carbocycles. The van der Waals surface area contributed by atoms with Crippen LogP contribution < -0.4 is 5.32 Å². The van der Waals surface area contributed by atoms with E-state index in [9.17, 15) is 4.79 Å². The molecule has 1 N–H and O–H groups in total. The van der Waals surface area contributed by atoms with E-state index in [0.717, 1.165) is 6.42 Å². The van der Waals surface area contributed by atoms with Gasteiger partial charge in [-0.3, -0.25) is 4.79 Å². The highest BCUT2D eigenvalue weighted by molar-refractivity contribution is 5.78. The Morgan fingerprint density at radius 2 is 1.75 bits per heavy atom. The maximum atomic E-state index is 11.3. The largest absolute Gasteiger partial charge is 0.353 e. The zero-order chi connectivity index (χ0) is 9.72. The molecule has 12 heavy (non-hydrogen) atoms. The average Bonchev–Trinajstić information content (AvgIpc) is 1.98. The van der Waals surface area contributed by atoms with E-state index in [2.05, 4.69) is 26.1 Å². The molecule has 0 aliphatic heterocycles. The van der Waals surface area contributed by atoms with E-state index in [1.54, 1.807) is 0 Å². The first kappa shape index (κ1) is 11.5. The second kappa shape index (κ2) is 5.18. The molecule has 2 heteroatoms. The Balaban J connectivity index is 3.94. The number of carbonyl (C=O) groups is 1. The molecule has 0 aliphatic rings. The Kier molecular flexibility index (Phi) is 4.95. The molecule has 0 aromatic heterocycles. The van der Waals surface area contributed by atoms with E-state index in [-0.39, 0.29) is 11.8 Å². The zero-order valence-electron chi connectivity index (χ0n) is 8.85.